The van der Waals surface area contributed by atoms with Gasteiger partial charge in [-0.25, -0.2) is 0 Å². The van der Waals surface area contributed by atoms with Gasteiger partial charge in [-0.1, -0.05) is 31.2 Å². The lowest BCUT2D eigenvalue weighted by Crippen LogP contribution is -2.44. The van der Waals surface area contributed by atoms with Gasteiger partial charge < -0.3 is 10.6 Å². The molecule has 2 N–H and O–H groups in total. The molecule has 1 aromatic rings. The van der Waals surface area contributed by atoms with Crippen LogP contribution in [0.1, 0.15) is 37.3 Å². The van der Waals surface area contributed by atoms with E-state index in [0.717, 1.165) is 44.5 Å². The standard InChI is InChI=1S/C19H29N3O2/c1-3-10-20-19(24)16-8-11-22(12-9-16)14-18(23)21-13-17-7-5-4-6-15(17)2/h4-7,16H,3,8-14H2,1-2H3,(H,20,24)(H,21,23). The second-order valence-corrected chi connectivity index (χ2v) is 6.54. The SMILES string of the molecule is CCCNC(=O)C1CCN(CC(=O)NCc2ccccc2C)CC1. The van der Waals surface area contributed by atoms with Crippen LogP contribution in [0.25, 0.3) is 0 Å². The summed E-state index contributed by atoms with van der Waals surface area (Å²) >= 11 is 0. The first-order valence-electron chi connectivity index (χ1n) is 8.91. The average molecular weight is 331 g/mol. The molecule has 5 heteroatoms. The highest BCUT2D eigenvalue weighted by molar-refractivity contribution is 5.79. The van der Waals surface area contributed by atoms with Crippen LogP contribution in [0, 0.1) is 12.8 Å². The van der Waals surface area contributed by atoms with Gasteiger partial charge in [0.25, 0.3) is 0 Å². The number of likely N-dealkylation sites (tertiary alicyclic amines) is 1. The minimum atomic E-state index is 0.0483. The molecule has 0 unspecified atom stereocenters. The van der Waals surface area contributed by atoms with Crippen molar-refractivity contribution in [3.8, 4) is 0 Å². The molecule has 2 amide bonds. The van der Waals surface area contributed by atoms with Gasteiger partial charge in [0.2, 0.25) is 11.8 Å². The molecule has 5 nitrogen and oxygen atoms in total. The Morgan fingerprint density at radius 2 is 1.88 bits per heavy atom. The molecule has 1 aliphatic heterocycles. The third-order valence-corrected chi connectivity index (χ3v) is 4.61. The van der Waals surface area contributed by atoms with Crippen LogP contribution in [0.3, 0.4) is 0 Å². The Balaban J connectivity index is 1.69. The molecule has 1 heterocycles. The third kappa shape index (κ3) is 5.64. The number of aryl methyl sites for hydroxylation is 1. The molecule has 0 saturated carbocycles. The Kier molecular flexibility index (Phi) is 7.25. The summed E-state index contributed by atoms with van der Waals surface area (Å²) in [7, 11) is 0. The van der Waals surface area contributed by atoms with E-state index in [1.807, 2.05) is 18.2 Å². The molecular formula is C19H29N3O2. The minimum Gasteiger partial charge on any atom is -0.356 e. The Hall–Kier alpha value is -1.88. The quantitative estimate of drug-likeness (QED) is 0.801. The minimum absolute atomic E-state index is 0.0483. The molecule has 0 spiro atoms. The Bertz CT molecular complexity index is 551. The van der Waals surface area contributed by atoms with Crippen LogP contribution in [0.5, 0.6) is 0 Å². The molecule has 0 aliphatic carbocycles. The fraction of sp³-hybridized carbons (Fsp3) is 0.579. The number of rotatable bonds is 7. The second-order valence-electron chi connectivity index (χ2n) is 6.54. The first kappa shape index (κ1) is 18.5. The van der Waals surface area contributed by atoms with Gasteiger partial charge in [-0.15, -0.1) is 0 Å². The summed E-state index contributed by atoms with van der Waals surface area (Å²) in [6, 6.07) is 8.08. The van der Waals surface area contributed by atoms with Gasteiger partial charge in [0.15, 0.2) is 0 Å². The highest BCUT2D eigenvalue weighted by Crippen LogP contribution is 2.17. The van der Waals surface area contributed by atoms with Crippen molar-refractivity contribution in [1.29, 1.82) is 0 Å². The lowest BCUT2D eigenvalue weighted by atomic mass is 9.96. The molecule has 1 saturated heterocycles. The van der Waals surface area contributed by atoms with Crippen molar-refractivity contribution < 1.29 is 9.59 Å². The maximum absolute atomic E-state index is 12.1. The van der Waals surface area contributed by atoms with E-state index in [0.29, 0.717) is 13.1 Å². The Morgan fingerprint density at radius 3 is 2.54 bits per heavy atom. The van der Waals surface area contributed by atoms with Crippen molar-refractivity contribution in [3.63, 3.8) is 0 Å². The van der Waals surface area contributed by atoms with Crippen LogP contribution in [0.4, 0.5) is 0 Å². The van der Waals surface area contributed by atoms with E-state index in [-0.39, 0.29) is 17.7 Å². The van der Waals surface area contributed by atoms with E-state index >= 15 is 0 Å². The van der Waals surface area contributed by atoms with Crippen molar-refractivity contribution in [1.82, 2.24) is 15.5 Å². The molecular weight excluding hydrogens is 302 g/mol. The van der Waals surface area contributed by atoms with Crippen LogP contribution in [-0.4, -0.2) is 42.9 Å². The lowest BCUT2D eigenvalue weighted by Gasteiger charge is -2.30. The van der Waals surface area contributed by atoms with Gasteiger partial charge >= 0.3 is 0 Å². The normalized spacial score (nSPS) is 15.9. The van der Waals surface area contributed by atoms with Crippen LogP contribution in [-0.2, 0) is 16.1 Å². The van der Waals surface area contributed by atoms with Crippen LogP contribution in [0.15, 0.2) is 24.3 Å². The van der Waals surface area contributed by atoms with Gasteiger partial charge in [0, 0.05) is 19.0 Å². The first-order valence-corrected chi connectivity index (χ1v) is 8.91. The number of nitrogens with one attached hydrogen (secondary N) is 2. The number of carbonyl (C=O) groups excluding carboxylic acids is 2. The molecule has 0 radical (unpaired) electrons. The predicted molar refractivity (Wildman–Crippen MR) is 95.5 cm³/mol. The maximum atomic E-state index is 12.1. The van der Waals surface area contributed by atoms with E-state index in [1.165, 1.54) is 5.56 Å². The molecule has 24 heavy (non-hydrogen) atoms. The zero-order chi connectivity index (χ0) is 17.4. The average Bonchev–Trinajstić information content (AvgIpc) is 2.59. The molecule has 132 valence electrons. The lowest BCUT2D eigenvalue weighted by molar-refractivity contribution is -0.126. The summed E-state index contributed by atoms with van der Waals surface area (Å²) in [5, 5.41) is 5.95. The van der Waals surface area contributed by atoms with E-state index < -0.39 is 0 Å². The summed E-state index contributed by atoms with van der Waals surface area (Å²) in [5.41, 5.74) is 2.34. The number of hydrogen-bond donors (Lipinski definition) is 2. The van der Waals surface area contributed by atoms with Gasteiger partial charge in [0.1, 0.15) is 0 Å². The number of amides is 2. The largest absolute Gasteiger partial charge is 0.356 e. The molecule has 1 aromatic carbocycles. The summed E-state index contributed by atoms with van der Waals surface area (Å²) in [6.45, 7) is 7.45. The first-order chi connectivity index (χ1) is 11.6. The highest BCUT2D eigenvalue weighted by atomic mass is 16.2. The zero-order valence-corrected chi connectivity index (χ0v) is 14.8. The number of piperidine rings is 1. The van der Waals surface area contributed by atoms with Gasteiger partial charge in [-0.05, 0) is 50.4 Å². The maximum Gasteiger partial charge on any atom is 0.234 e. The van der Waals surface area contributed by atoms with Crippen molar-refractivity contribution >= 4 is 11.8 Å². The monoisotopic (exact) mass is 331 g/mol. The third-order valence-electron chi connectivity index (χ3n) is 4.61. The van der Waals surface area contributed by atoms with Crippen LogP contribution < -0.4 is 10.6 Å². The molecule has 1 fully saturated rings. The zero-order valence-electron chi connectivity index (χ0n) is 14.8. The van der Waals surface area contributed by atoms with Crippen molar-refractivity contribution in [3.05, 3.63) is 35.4 Å². The number of carbonyl (C=O) groups is 2. The fourth-order valence-corrected chi connectivity index (χ4v) is 3.01. The smallest absolute Gasteiger partial charge is 0.234 e. The van der Waals surface area contributed by atoms with Crippen molar-refractivity contribution in [2.24, 2.45) is 5.92 Å². The molecule has 0 atom stereocenters. The molecule has 0 aromatic heterocycles. The van der Waals surface area contributed by atoms with Crippen molar-refractivity contribution in [2.75, 3.05) is 26.2 Å². The van der Waals surface area contributed by atoms with Gasteiger partial charge in [-0.3, -0.25) is 14.5 Å². The number of hydrogen-bond acceptors (Lipinski definition) is 3. The van der Waals surface area contributed by atoms with Gasteiger partial charge in [-0.2, -0.15) is 0 Å². The number of benzene rings is 1. The number of nitrogens with zero attached hydrogens (tertiary/aromatic N) is 1. The molecule has 2 rings (SSSR count). The van der Waals surface area contributed by atoms with Crippen molar-refractivity contribution in [2.45, 2.75) is 39.7 Å². The summed E-state index contributed by atoms with van der Waals surface area (Å²) in [4.78, 5) is 26.2. The van der Waals surface area contributed by atoms with E-state index in [1.54, 1.807) is 0 Å². The van der Waals surface area contributed by atoms with E-state index in [9.17, 15) is 9.59 Å². The molecule has 1 aliphatic rings. The van der Waals surface area contributed by atoms with Gasteiger partial charge in [0.05, 0.1) is 6.54 Å². The van der Waals surface area contributed by atoms with Crippen LogP contribution in [0.2, 0.25) is 0 Å². The predicted octanol–water partition coefficient (Wildman–Crippen LogP) is 1.85. The second kappa shape index (κ2) is 9.42. The highest BCUT2D eigenvalue weighted by Gasteiger charge is 2.25. The Morgan fingerprint density at radius 1 is 1.17 bits per heavy atom. The Labute approximate surface area is 144 Å². The topological polar surface area (TPSA) is 61.4 Å². The van der Waals surface area contributed by atoms with Crippen LogP contribution >= 0.6 is 0 Å². The van der Waals surface area contributed by atoms with E-state index in [4.69, 9.17) is 0 Å². The molecule has 0 bridgehead atoms. The fourth-order valence-electron chi connectivity index (χ4n) is 3.01. The summed E-state index contributed by atoms with van der Waals surface area (Å²) in [5.74, 6) is 0.315. The summed E-state index contributed by atoms with van der Waals surface area (Å²) < 4.78 is 0. The van der Waals surface area contributed by atoms with E-state index in [2.05, 4.69) is 35.4 Å². The summed E-state index contributed by atoms with van der Waals surface area (Å²) in [6.07, 6.45) is 2.63.